The van der Waals surface area contributed by atoms with Gasteiger partial charge < -0.3 is 4.42 Å². The maximum absolute atomic E-state index is 6.17. The first kappa shape index (κ1) is 17.9. The molecule has 0 fully saturated rings. The molecular formula is C23H16ClN3OS. The normalized spacial score (nSPS) is 12.0. The summed E-state index contributed by atoms with van der Waals surface area (Å²) in [7, 11) is 0. The van der Waals surface area contributed by atoms with Gasteiger partial charge in [0.2, 0.25) is 5.13 Å². The lowest BCUT2D eigenvalue weighted by molar-refractivity contribution is 0.618. The highest BCUT2D eigenvalue weighted by Crippen LogP contribution is 2.26. The fourth-order valence-electron chi connectivity index (χ4n) is 3.15. The maximum atomic E-state index is 6.17. The topological polar surface area (TPSA) is 50.4 Å². The number of hydrogen-bond acceptors (Lipinski definition) is 5. The average molecular weight is 418 g/mol. The van der Waals surface area contributed by atoms with Gasteiger partial charge in [0.15, 0.2) is 0 Å². The molecule has 0 atom stereocenters. The van der Waals surface area contributed by atoms with Crippen LogP contribution in [0, 0.1) is 6.92 Å². The number of halogens is 1. The Kier molecular flexibility index (Phi) is 4.54. The van der Waals surface area contributed by atoms with Crippen LogP contribution in [-0.2, 0) is 0 Å². The van der Waals surface area contributed by atoms with Crippen molar-refractivity contribution in [3.05, 3.63) is 88.7 Å². The van der Waals surface area contributed by atoms with Crippen LogP contribution in [0.5, 0.6) is 0 Å². The van der Waals surface area contributed by atoms with Crippen LogP contribution in [0.3, 0.4) is 0 Å². The summed E-state index contributed by atoms with van der Waals surface area (Å²) in [5, 5.41) is 7.80. The van der Waals surface area contributed by atoms with Crippen molar-refractivity contribution < 1.29 is 4.42 Å². The Morgan fingerprint density at radius 1 is 1.00 bits per heavy atom. The molecule has 0 bridgehead atoms. The molecule has 0 unspecified atom stereocenters. The number of nitrogens with one attached hydrogen (secondary N) is 1. The molecule has 5 aromatic rings. The first-order valence-corrected chi connectivity index (χ1v) is 10.3. The molecule has 29 heavy (non-hydrogen) atoms. The van der Waals surface area contributed by atoms with E-state index in [2.05, 4.69) is 27.6 Å². The molecule has 6 heteroatoms. The molecule has 1 N–H and O–H groups in total. The highest BCUT2D eigenvalue weighted by Gasteiger charge is 2.07. The number of hydrogen-bond donors (Lipinski definition) is 1. The van der Waals surface area contributed by atoms with Crippen molar-refractivity contribution in [3.63, 3.8) is 0 Å². The molecule has 0 aliphatic carbocycles. The summed E-state index contributed by atoms with van der Waals surface area (Å²) < 4.78 is 7.29. The Bertz CT molecular complexity index is 1370. The first-order valence-electron chi connectivity index (χ1n) is 9.11. The Morgan fingerprint density at radius 3 is 2.66 bits per heavy atom. The molecule has 0 saturated carbocycles. The Labute approximate surface area is 176 Å². The smallest absolute Gasteiger partial charge is 0.204 e. The molecule has 0 aliphatic heterocycles. The van der Waals surface area contributed by atoms with Crippen LogP contribution >= 0.6 is 22.9 Å². The van der Waals surface area contributed by atoms with E-state index in [1.54, 1.807) is 11.3 Å². The lowest BCUT2D eigenvalue weighted by atomic mass is 10.1. The molecule has 0 amide bonds. The summed E-state index contributed by atoms with van der Waals surface area (Å²) in [6, 6.07) is 23.6. The minimum absolute atomic E-state index is 0.688. The maximum Gasteiger partial charge on any atom is 0.204 e. The number of aryl methyl sites for hydroxylation is 1. The fraction of sp³-hybridized carbons (Fsp3) is 0.0435. The van der Waals surface area contributed by atoms with Gasteiger partial charge in [-0.3, -0.25) is 5.43 Å². The Balaban J connectivity index is 1.64. The van der Waals surface area contributed by atoms with Gasteiger partial charge in [-0.1, -0.05) is 41.1 Å². The van der Waals surface area contributed by atoms with E-state index in [1.807, 2.05) is 67.6 Å². The number of aromatic nitrogens is 1. The number of nitrogens with zero attached hydrogens (tertiary/aromatic N) is 2. The SMILES string of the molecule is Cc1ccc2c(=NNc3nc4ccccc4s3)cc(-c3ccc(Cl)cc3)oc2c1. The van der Waals surface area contributed by atoms with Crippen LogP contribution in [0.4, 0.5) is 5.13 Å². The third-order valence-corrected chi connectivity index (χ3v) is 5.79. The second kappa shape index (κ2) is 7.35. The molecule has 4 nitrogen and oxygen atoms in total. The van der Waals surface area contributed by atoms with E-state index in [0.29, 0.717) is 5.02 Å². The van der Waals surface area contributed by atoms with Crippen LogP contribution in [-0.4, -0.2) is 4.98 Å². The van der Waals surface area contributed by atoms with Crippen molar-refractivity contribution in [2.75, 3.05) is 5.43 Å². The molecule has 0 aliphatic rings. The summed E-state index contributed by atoms with van der Waals surface area (Å²) in [5.74, 6) is 0.726. The molecular weight excluding hydrogens is 402 g/mol. The summed E-state index contributed by atoms with van der Waals surface area (Å²) in [5.41, 5.74) is 6.92. The monoisotopic (exact) mass is 417 g/mol. The van der Waals surface area contributed by atoms with Crippen molar-refractivity contribution >= 4 is 49.3 Å². The molecule has 142 valence electrons. The zero-order valence-corrected chi connectivity index (χ0v) is 17.1. The highest BCUT2D eigenvalue weighted by molar-refractivity contribution is 7.22. The standard InChI is InChI=1S/C23H16ClN3OS/c1-14-6-11-17-19(26-27-23-25-18-4-2-3-5-22(18)29-23)13-20(28-21(17)12-14)15-7-9-16(24)10-8-15/h2-13H,1H3,(H,25,27). The van der Waals surface area contributed by atoms with Gasteiger partial charge in [0.05, 0.1) is 15.6 Å². The van der Waals surface area contributed by atoms with E-state index in [1.165, 1.54) is 0 Å². The second-order valence-electron chi connectivity index (χ2n) is 6.71. The zero-order chi connectivity index (χ0) is 19.8. The van der Waals surface area contributed by atoms with Gasteiger partial charge in [-0.2, -0.15) is 5.10 Å². The van der Waals surface area contributed by atoms with E-state index >= 15 is 0 Å². The average Bonchev–Trinajstić information content (AvgIpc) is 3.15. The van der Waals surface area contributed by atoms with Gasteiger partial charge in [-0.15, -0.1) is 0 Å². The lowest BCUT2D eigenvalue weighted by Gasteiger charge is -2.06. The molecule has 0 saturated heterocycles. The van der Waals surface area contributed by atoms with E-state index in [0.717, 1.165) is 48.6 Å². The molecule has 5 rings (SSSR count). The van der Waals surface area contributed by atoms with Crippen LogP contribution in [0.2, 0.25) is 5.02 Å². The third kappa shape index (κ3) is 3.62. The lowest BCUT2D eigenvalue weighted by Crippen LogP contribution is -2.07. The number of para-hydroxylation sites is 1. The predicted octanol–water partition coefficient (Wildman–Crippen LogP) is 6.60. The largest absolute Gasteiger partial charge is 0.456 e. The van der Waals surface area contributed by atoms with Crippen LogP contribution in [0.1, 0.15) is 5.56 Å². The number of fused-ring (bicyclic) bond motifs is 2. The van der Waals surface area contributed by atoms with Gasteiger partial charge in [0.25, 0.3) is 0 Å². The summed E-state index contributed by atoms with van der Waals surface area (Å²) in [6.45, 7) is 2.04. The van der Waals surface area contributed by atoms with Crippen LogP contribution in [0.25, 0.3) is 32.5 Å². The molecule has 0 spiro atoms. The van der Waals surface area contributed by atoms with Crippen molar-refractivity contribution in [1.82, 2.24) is 4.98 Å². The number of thiazole rings is 1. The predicted molar refractivity (Wildman–Crippen MR) is 120 cm³/mol. The Hall–Kier alpha value is -3.15. The number of rotatable bonds is 3. The summed E-state index contributed by atoms with van der Waals surface area (Å²) in [4.78, 5) is 4.59. The van der Waals surface area contributed by atoms with Gasteiger partial charge in [-0.05, 0) is 61.0 Å². The second-order valence-corrected chi connectivity index (χ2v) is 8.18. The molecule has 3 aromatic carbocycles. The summed E-state index contributed by atoms with van der Waals surface area (Å²) >= 11 is 7.60. The van der Waals surface area contributed by atoms with Crippen molar-refractivity contribution in [2.45, 2.75) is 6.92 Å². The van der Waals surface area contributed by atoms with E-state index in [9.17, 15) is 0 Å². The van der Waals surface area contributed by atoms with E-state index in [4.69, 9.17) is 16.0 Å². The zero-order valence-electron chi connectivity index (χ0n) is 15.5. The van der Waals surface area contributed by atoms with Gasteiger partial charge in [0.1, 0.15) is 11.3 Å². The van der Waals surface area contributed by atoms with Gasteiger partial charge in [0, 0.05) is 22.0 Å². The minimum atomic E-state index is 0.688. The van der Waals surface area contributed by atoms with Crippen molar-refractivity contribution in [3.8, 4) is 11.3 Å². The van der Waals surface area contributed by atoms with Crippen molar-refractivity contribution in [1.29, 1.82) is 0 Å². The van der Waals surface area contributed by atoms with E-state index in [-0.39, 0.29) is 0 Å². The fourth-order valence-corrected chi connectivity index (χ4v) is 4.09. The van der Waals surface area contributed by atoms with Gasteiger partial charge in [-0.25, -0.2) is 4.98 Å². The van der Waals surface area contributed by atoms with Crippen LogP contribution < -0.4 is 10.8 Å². The number of anilines is 1. The minimum Gasteiger partial charge on any atom is -0.456 e. The summed E-state index contributed by atoms with van der Waals surface area (Å²) in [6.07, 6.45) is 0. The Morgan fingerprint density at radius 2 is 1.83 bits per heavy atom. The highest BCUT2D eigenvalue weighted by atomic mass is 35.5. The molecule has 2 aromatic heterocycles. The van der Waals surface area contributed by atoms with Gasteiger partial charge >= 0.3 is 0 Å². The first-order chi connectivity index (χ1) is 14.2. The molecule has 0 radical (unpaired) electrons. The third-order valence-electron chi connectivity index (χ3n) is 4.60. The van der Waals surface area contributed by atoms with Crippen LogP contribution in [0.15, 0.2) is 82.3 Å². The molecule has 2 heterocycles. The quantitative estimate of drug-likeness (QED) is 0.336. The number of benzene rings is 3. The van der Waals surface area contributed by atoms with Crippen molar-refractivity contribution in [2.24, 2.45) is 5.10 Å². The van der Waals surface area contributed by atoms with E-state index < -0.39 is 0 Å².